The lowest BCUT2D eigenvalue weighted by Gasteiger charge is -2.10. The molecule has 0 aliphatic rings. The molecule has 2 aromatic carbocycles. The SMILES string of the molecule is O=C(Nc1ccnc(OCc2ccccc2)c1)c1cccc2cnccc12. The number of rotatable bonds is 5. The molecular weight excluding hydrogens is 338 g/mol. The maximum atomic E-state index is 12.7. The zero-order valence-corrected chi connectivity index (χ0v) is 14.5. The first-order chi connectivity index (χ1) is 13.3. The van der Waals surface area contributed by atoms with Crippen LogP contribution in [0.5, 0.6) is 5.88 Å². The molecule has 0 atom stereocenters. The van der Waals surface area contributed by atoms with Gasteiger partial charge in [0.15, 0.2) is 0 Å². The third-order valence-corrected chi connectivity index (χ3v) is 4.15. The van der Waals surface area contributed by atoms with Gasteiger partial charge in [-0.05, 0) is 29.1 Å². The predicted molar refractivity (Wildman–Crippen MR) is 105 cm³/mol. The second kappa shape index (κ2) is 7.66. The molecule has 4 aromatic rings. The second-order valence-electron chi connectivity index (χ2n) is 6.01. The lowest BCUT2D eigenvalue weighted by molar-refractivity contribution is 0.102. The number of pyridine rings is 2. The van der Waals surface area contributed by atoms with Crippen molar-refractivity contribution in [3.8, 4) is 5.88 Å². The van der Waals surface area contributed by atoms with Crippen molar-refractivity contribution in [3.63, 3.8) is 0 Å². The van der Waals surface area contributed by atoms with Crippen LogP contribution in [0.3, 0.4) is 0 Å². The number of carbonyl (C=O) groups is 1. The van der Waals surface area contributed by atoms with Crippen molar-refractivity contribution >= 4 is 22.4 Å². The first-order valence-corrected chi connectivity index (χ1v) is 8.56. The molecule has 0 saturated carbocycles. The van der Waals surface area contributed by atoms with Crippen molar-refractivity contribution < 1.29 is 9.53 Å². The van der Waals surface area contributed by atoms with E-state index in [1.165, 1.54) is 0 Å². The third kappa shape index (κ3) is 3.93. The topological polar surface area (TPSA) is 64.1 Å². The molecule has 0 unspecified atom stereocenters. The van der Waals surface area contributed by atoms with Gasteiger partial charge in [-0.1, -0.05) is 42.5 Å². The first kappa shape index (κ1) is 16.7. The average molecular weight is 355 g/mol. The number of nitrogens with one attached hydrogen (secondary N) is 1. The highest BCUT2D eigenvalue weighted by Crippen LogP contribution is 2.20. The summed E-state index contributed by atoms with van der Waals surface area (Å²) in [6.07, 6.45) is 5.04. The minimum atomic E-state index is -0.188. The zero-order valence-electron chi connectivity index (χ0n) is 14.5. The summed E-state index contributed by atoms with van der Waals surface area (Å²) in [6, 6.07) is 20.7. The van der Waals surface area contributed by atoms with Gasteiger partial charge in [-0.3, -0.25) is 9.78 Å². The molecule has 0 aliphatic carbocycles. The van der Waals surface area contributed by atoms with Crippen molar-refractivity contribution in [2.75, 3.05) is 5.32 Å². The zero-order chi connectivity index (χ0) is 18.5. The van der Waals surface area contributed by atoms with E-state index in [0.717, 1.165) is 16.3 Å². The molecule has 2 heterocycles. The molecule has 1 N–H and O–H groups in total. The van der Waals surface area contributed by atoms with E-state index < -0.39 is 0 Å². The van der Waals surface area contributed by atoms with E-state index in [9.17, 15) is 4.79 Å². The number of ether oxygens (including phenoxy) is 1. The summed E-state index contributed by atoms with van der Waals surface area (Å²) in [4.78, 5) is 21.0. The van der Waals surface area contributed by atoms with E-state index in [-0.39, 0.29) is 5.91 Å². The molecule has 5 heteroatoms. The minimum absolute atomic E-state index is 0.188. The van der Waals surface area contributed by atoms with Gasteiger partial charge in [0.2, 0.25) is 5.88 Å². The Labute approximate surface area is 156 Å². The van der Waals surface area contributed by atoms with E-state index in [1.54, 1.807) is 36.8 Å². The van der Waals surface area contributed by atoms with Crippen LogP contribution in [0.15, 0.2) is 85.3 Å². The summed E-state index contributed by atoms with van der Waals surface area (Å²) >= 11 is 0. The molecule has 132 valence electrons. The normalized spacial score (nSPS) is 10.5. The molecule has 0 radical (unpaired) electrons. The van der Waals surface area contributed by atoms with E-state index in [4.69, 9.17) is 4.74 Å². The summed E-state index contributed by atoms with van der Waals surface area (Å²) in [6.45, 7) is 0.418. The highest BCUT2D eigenvalue weighted by Gasteiger charge is 2.11. The smallest absolute Gasteiger partial charge is 0.256 e. The van der Waals surface area contributed by atoms with Crippen LogP contribution in [0.1, 0.15) is 15.9 Å². The summed E-state index contributed by atoms with van der Waals surface area (Å²) in [5.41, 5.74) is 2.28. The highest BCUT2D eigenvalue weighted by atomic mass is 16.5. The molecule has 2 aromatic heterocycles. The summed E-state index contributed by atoms with van der Waals surface area (Å²) in [7, 11) is 0. The number of carbonyl (C=O) groups excluding carboxylic acids is 1. The van der Waals surface area contributed by atoms with Crippen LogP contribution in [-0.4, -0.2) is 15.9 Å². The van der Waals surface area contributed by atoms with Crippen molar-refractivity contribution in [3.05, 3.63) is 96.4 Å². The molecule has 5 nitrogen and oxygen atoms in total. The maximum Gasteiger partial charge on any atom is 0.256 e. The lowest BCUT2D eigenvalue weighted by Crippen LogP contribution is -2.12. The molecule has 0 bridgehead atoms. The van der Waals surface area contributed by atoms with Crippen LogP contribution in [0.4, 0.5) is 5.69 Å². The Bertz CT molecular complexity index is 1080. The molecule has 0 aliphatic heterocycles. The molecule has 4 rings (SSSR count). The van der Waals surface area contributed by atoms with Crippen LogP contribution in [-0.2, 0) is 6.61 Å². The number of fused-ring (bicyclic) bond motifs is 1. The van der Waals surface area contributed by atoms with Gasteiger partial charge < -0.3 is 10.1 Å². The van der Waals surface area contributed by atoms with Gasteiger partial charge in [-0.25, -0.2) is 4.98 Å². The number of benzene rings is 2. The number of hydrogen-bond donors (Lipinski definition) is 1. The molecule has 0 spiro atoms. The van der Waals surface area contributed by atoms with Crippen molar-refractivity contribution in [2.24, 2.45) is 0 Å². The van der Waals surface area contributed by atoms with Gasteiger partial charge in [-0.15, -0.1) is 0 Å². The van der Waals surface area contributed by atoms with Crippen LogP contribution in [0, 0.1) is 0 Å². The van der Waals surface area contributed by atoms with E-state index in [2.05, 4.69) is 15.3 Å². The monoisotopic (exact) mass is 355 g/mol. The van der Waals surface area contributed by atoms with Gasteiger partial charge in [-0.2, -0.15) is 0 Å². The van der Waals surface area contributed by atoms with Gasteiger partial charge >= 0.3 is 0 Å². The maximum absolute atomic E-state index is 12.7. The fourth-order valence-corrected chi connectivity index (χ4v) is 2.82. The standard InChI is InChI=1S/C22H17N3O2/c26-22(20-8-4-7-17-14-23-11-10-19(17)20)25-18-9-12-24-21(13-18)27-15-16-5-2-1-3-6-16/h1-14H,15H2,(H,24,25,26). The van der Waals surface area contributed by atoms with Crippen LogP contribution >= 0.6 is 0 Å². The van der Waals surface area contributed by atoms with Crippen molar-refractivity contribution in [1.29, 1.82) is 0 Å². The highest BCUT2D eigenvalue weighted by molar-refractivity contribution is 6.12. The number of aromatic nitrogens is 2. The average Bonchev–Trinajstić information content (AvgIpc) is 2.73. The quantitative estimate of drug-likeness (QED) is 0.574. The van der Waals surface area contributed by atoms with Crippen LogP contribution < -0.4 is 10.1 Å². The van der Waals surface area contributed by atoms with Crippen LogP contribution in [0.2, 0.25) is 0 Å². The summed E-state index contributed by atoms with van der Waals surface area (Å²) in [5.74, 6) is 0.269. The van der Waals surface area contributed by atoms with Gasteiger partial charge in [0.1, 0.15) is 6.61 Å². The van der Waals surface area contributed by atoms with Crippen molar-refractivity contribution in [2.45, 2.75) is 6.61 Å². The van der Waals surface area contributed by atoms with Crippen LogP contribution in [0.25, 0.3) is 10.8 Å². The molecular formula is C22H17N3O2. The molecule has 27 heavy (non-hydrogen) atoms. The Morgan fingerprint density at radius 1 is 0.963 bits per heavy atom. The van der Waals surface area contributed by atoms with E-state index in [0.29, 0.717) is 23.7 Å². The first-order valence-electron chi connectivity index (χ1n) is 8.56. The Balaban J connectivity index is 1.50. The molecule has 0 fully saturated rings. The van der Waals surface area contributed by atoms with Crippen molar-refractivity contribution in [1.82, 2.24) is 9.97 Å². The Morgan fingerprint density at radius 2 is 1.85 bits per heavy atom. The van der Waals surface area contributed by atoms with Gasteiger partial charge in [0.25, 0.3) is 5.91 Å². The fourth-order valence-electron chi connectivity index (χ4n) is 2.82. The Kier molecular flexibility index (Phi) is 4.74. The number of amides is 1. The Morgan fingerprint density at radius 3 is 2.74 bits per heavy atom. The number of nitrogens with zero attached hydrogens (tertiary/aromatic N) is 2. The third-order valence-electron chi connectivity index (χ3n) is 4.15. The minimum Gasteiger partial charge on any atom is -0.473 e. The number of hydrogen-bond acceptors (Lipinski definition) is 4. The van der Waals surface area contributed by atoms with Gasteiger partial charge in [0, 0.05) is 41.3 Å². The second-order valence-corrected chi connectivity index (χ2v) is 6.01. The van der Waals surface area contributed by atoms with Gasteiger partial charge in [0.05, 0.1) is 0 Å². The molecule has 0 saturated heterocycles. The molecule has 1 amide bonds. The van der Waals surface area contributed by atoms with E-state index in [1.807, 2.05) is 48.5 Å². The number of anilines is 1. The largest absolute Gasteiger partial charge is 0.473 e. The lowest BCUT2D eigenvalue weighted by atomic mass is 10.1. The fraction of sp³-hybridized carbons (Fsp3) is 0.0455. The predicted octanol–water partition coefficient (Wildman–Crippen LogP) is 4.46. The summed E-state index contributed by atoms with van der Waals surface area (Å²) < 4.78 is 5.72. The van der Waals surface area contributed by atoms with E-state index >= 15 is 0 Å². The summed E-state index contributed by atoms with van der Waals surface area (Å²) in [5, 5.41) is 4.69. The Hall–Kier alpha value is -3.73.